The van der Waals surface area contributed by atoms with Gasteiger partial charge in [0.15, 0.2) is 11.5 Å². The molecule has 0 spiro atoms. The van der Waals surface area contributed by atoms with Crippen LogP contribution < -0.4 is 19.5 Å². The SMILES string of the molecule is CC(NC(=O)CCOc1ccc(Cl)cc1)c1ccc2c(c1)OCCCO2. The summed E-state index contributed by atoms with van der Waals surface area (Å²) in [6.45, 7) is 3.55. The highest BCUT2D eigenvalue weighted by Crippen LogP contribution is 2.32. The molecule has 1 aliphatic heterocycles. The minimum Gasteiger partial charge on any atom is -0.493 e. The van der Waals surface area contributed by atoms with Crippen molar-refractivity contribution in [3.05, 3.63) is 53.1 Å². The maximum Gasteiger partial charge on any atom is 0.223 e. The van der Waals surface area contributed by atoms with E-state index in [4.69, 9.17) is 25.8 Å². The minimum absolute atomic E-state index is 0.0708. The second kappa shape index (κ2) is 8.81. The summed E-state index contributed by atoms with van der Waals surface area (Å²) in [5.41, 5.74) is 0.973. The van der Waals surface area contributed by atoms with E-state index in [2.05, 4.69) is 5.32 Å². The Morgan fingerprint density at radius 3 is 2.65 bits per heavy atom. The van der Waals surface area contributed by atoms with E-state index in [0.29, 0.717) is 30.6 Å². The van der Waals surface area contributed by atoms with Gasteiger partial charge in [-0.05, 0) is 48.9 Å². The summed E-state index contributed by atoms with van der Waals surface area (Å²) < 4.78 is 16.9. The number of hydrogen-bond acceptors (Lipinski definition) is 4. The summed E-state index contributed by atoms with van der Waals surface area (Å²) in [4.78, 5) is 12.1. The lowest BCUT2D eigenvalue weighted by Crippen LogP contribution is -2.27. The van der Waals surface area contributed by atoms with E-state index in [1.807, 2.05) is 25.1 Å². The zero-order chi connectivity index (χ0) is 18.4. The number of halogens is 1. The first kappa shape index (κ1) is 18.4. The standard InChI is InChI=1S/C20H22ClNO4/c1-14(15-3-8-18-19(13-15)26-11-2-10-25-18)22-20(23)9-12-24-17-6-4-16(21)5-7-17/h3-8,13-14H,2,9-12H2,1H3,(H,22,23). The predicted molar refractivity (Wildman–Crippen MR) is 100 cm³/mol. The largest absolute Gasteiger partial charge is 0.493 e. The summed E-state index contributed by atoms with van der Waals surface area (Å²) in [5.74, 6) is 2.10. The normalized spacial score (nSPS) is 14.2. The lowest BCUT2D eigenvalue weighted by molar-refractivity contribution is -0.122. The van der Waals surface area contributed by atoms with E-state index in [0.717, 1.165) is 23.5 Å². The Labute approximate surface area is 158 Å². The van der Waals surface area contributed by atoms with E-state index in [1.54, 1.807) is 24.3 Å². The van der Waals surface area contributed by atoms with Gasteiger partial charge in [-0.3, -0.25) is 4.79 Å². The Morgan fingerprint density at radius 2 is 1.88 bits per heavy atom. The molecule has 3 rings (SSSR count). The van der Waals surface area contributed by atoms with Gasteiger partial charge in [0.05, 0.1) is 32.3 Å². The quantitative estimate of drug-likeness (QED) is 0.824. The zero-order valence-corrected chi connectivity index (χ0v) is 15.4. The van der Waals surface area contributed by atoms with E-state index >= 15 is 0 Å². The van der Waals surface area contributed by atoms with Crippen LogP contribution in [0, 0.1) is 0 Å². The van der Waals surface area contributed by atoms with Gasteiger partial charge >= 0.3 is 0 Å². The Bertz CT molecular complexity index is 748. The van der Waals surface area contributed by atoms with Gasteiger partial charge in [-0.15, -0.1) is 0 Å². The molecule has 0 bridgehead atoms. The number of hydrogen-bond donors (Lipinski definition) is 1. The van der Waals surface area contributed by atoms with Gasteiger partial charge in [-0.2, -0.15) is 0 Å². The summed E-state index contributed by atoms with van der Waals surface area (Å²) in [5, 5.41) is 3.63. The Morgan fingerprint density at radius 1 is 1.15 bits per heavy atom. The average Bonchev–Trinajstić information content (AvgIpc) is 2.88. The van der Waals surface area contributed by atoms with Crippen LogP contribution in [0.4, 0.5) is 0 Å². The average molecular weight is 376 g/mol. The first-order valence-corrected chi connectivity index (χ1v) is 9.07. The molecule has 0 aliphatic carbocycles. The van der Waals surface area contributed by atoms with Crippen LogP contribution in [0.25, 0.3) is 0 Å². The lowest BCUT2D eigenvalue weighted by atomic mass is 10.1. The van der Waals surface area contributed by atoms with Gasteiger partial charge in [-0.1, -0.05) is 17.7 Å². The van der Waals surface area contributed by atoms with Crippen molar-refractivity contribution in [3.63, 3.8) is 0 Å². The van der Waals surface area contributed by atoms with Gasteiger partial charge in [0.2, 0.25) is 5.91 Å². The summed E-state index contributed by atoms with van der Waals surface area (Å²) >= 11 is 5.83. The highest BCUT2D eigenvalue weighted by molar-refractivity contribution is 6.30. The topological polar surface area (TPSA) is 56.8 Å². The highest BCUT2D eigenvalue weighted by atomic mass is 35.5. The van der Waals surface area contributed by atoms with Crippen LogP contribution in [0.5, 0.6) is 17.2 Å². The predicted octanol–water partition coefficient (Wildman–Crippen LogP) is 4.15. The molecule has 5 nitrogen and oxygen atoms in total. The van der Waals surface area contributed by atoms with Gasteiger partial charge in [-0.25, -0.2) is 0 Å². The second-order valence-corrected chi connectivity index (χ2v) is 6.53. The van der Waals surface area contributed by atoms with Gasteiger partial charge in [0, 0.05) is 11.4 Å². The van der Waals surface area contributed by atoms with Crippen LogP contribution >= 0.6 is 11.6 Å². The van der Waals surface area contributed by atoms with Crippen molar-refractivity contribution in [2.24, 2.45) is 0 Å². The second-order valence-electron chi connectivity index (χ2n) is 6.10. The minimum atomic E-state index is -0.129. The number of fused-ring (bicyclic) bond motifs is 1. The molecule has 1 N–H and O–H groups in total. The van der Waals surface area contributed by atoms with Crippen molar-refractivity contribution >= 4 is 17.5 Å². The van der Waals surface area contributed by atoms with Crippen LogP contribution in [-0.4, -0.2) is 25.7 Å². The number of amides is 1. The third-order valence-corrected chi connectivity index (χ3v) is 4.31. The molecule has 26 heavy (non-hydrogen) atoms. The first-order chi connectivity index (χ1) is 12.6. The first-order valence-electron chi connectivity index (χ1n) is 8.69. The molecule has 6 heteroatoms. The fourth-order valence-electron chi connectivity index (χ4n) is 2.64. The molecule has 1 amide bonds. The Hall–Kier alpha value is -2.40. The molecule has 2 aromatic rings. The maximum absolute atomic E-state index is 12.1. The molecule has 1 heterocycles. The van der Waals surface area contributed by atoms with Crippen molar-refractivity contribution in [2.75, 3.05) is 19.8 Å². The maximum atomic E-state index is 12.1. The number of rotatable bonds is 6. The number of carbonyl (C=O) groups excluding carboxylic acids is 1. The number of ether oxygens (including phenoxy) is 3. The van der Waals surface area contributed by atoms with Crippen LogP contribution in [-0.2, 0) is 4.79 Å². The highest BCUT2D eigenvalue weighted by Gasteiger charge is 2.15. The van der Waals surface area contributed by atoms with E-state index in [-0.39, 0.29) is 18.4 Å². The van der Waals surface area contributed by atoms with Crippen LogP contribution in [0.15, 0.2) is 42.5 Å². The van der Waals surface area contributed by atoms with Crippen molar-refractivity contribution in [1.29, 1.82) is 0 Å². The Kier molecular flexibility index (Phi) is 6.23. The number of nitrogens with one attached hydrogen (secondary N) is 1. The third-order valence-electron chi connectivity index (χ3n) is 4.06. The van der Waals surface area contributed by atoms with Gasteiger partial charge in [0.1, 0.15) is 5.75 Å². The molecule has 1 aliphatic rings. The van der Waals surface area contributed by atoms with Crippen LogP contribution in [0.3, 0.4) is 0 Å². The molecule has 0 saturated heterocycles. The zero-order valence-electron chi connectivity index (χ0n) is 14.7. The van der Waals surface area contributed by atoms with Crippen molar-refractivity contribution in [3.8, 4) is 17.2 Å². The molecule has 1 atom stereocenters. The fourth-order valence-corrected chi connectivity index (χ4v) is 2.76. The van der Waals surface area contributed by atoms with Crippen molar-refractivity contribution < 1.29 is 19.0 Å². The fraction of sp³-hybridized carbons (Fsp3) is 0.350. The van der Waals surface area contributed by atoms with Crippen LogP contribution in [0.1, 0.15) is 31.4 Å². The number of carbonyl (C=O) groups is 1. The van der Waals surface area contributed by atoms with Gasteiger partial charge < -0.3 is 19.5 Å². The number of benzene rings is 2. The molecule has 138 valence electrons. The van der Waals surface area contributed by atoms with Crippen molar-refractivity contribution in [1.82, 2.24) is 5.32 Å². The van der Waals surface area contributed by atoms with E-state index in [1.165, 1.54) is 0 Å². The van der Waals surface area contributed by atoms with E-state index < -0.39 is 0 Å². The summed E-state index contributed by atoms with van der Waals surface area (Å²) in [6.07, 6.45) is 1.14. The van der Waals surface area contributed by atoms with Crippen molar-refractivity contribution in [2.45, 2.75) is 25.8 Å². The smallest absolute Gasteiger partial charge is 0.223 e. The molecule has 1 unspecified atom stereocenters. The molecular weight excluding hydrogens is 354 g/mol. The summed E-state index contributed by atoms with van der Waals surface area (Å²) in [6, 6.07) is 12.7. The van der Waals surface area contributed by atoms with Gasteiger partial charge in [0.25, 0.3) is 0 Å². The monoisotopic (exact) mass is 375 g/mol. The third kappa shape index (κ3) is 5.05. The molecule has 0 radical (unpaired) electrons. The van der Waals surface area contributed by atoms with Crippen LogP contribution in [0.2, 0.25) is 5.02 Å². The molecule has 0 fully saturated rings. The molecule has 0 saturated carbocycles. The van der Waals surface area contributed by atoms with E-state index in [9.17, 15) is 4.79 Å². The lowest BCUT2D eigenvalue weighted by Gasteiger charge is -2.16. The Balaban J connectivity index is 1.49. The molecule has 0 aromatic heterocycles. The molecule has 2 aromatic carbocycles. The molecular formula is C20H22ClNO4. The summed E-state index contributed by atoms with van der Waals surface area (Å²) in [7, 11) is 0.